The second-order valence-electron chi connectivity index (χ2n) is 4.82. The number of unbranched alkanes of at least 4 members (excludes halogenated alkanes) is 6. The van der Waals surface area contributed by atoms with Crippen LogP contribution in [0.3, 0.4) is 0 Å². The van der Waals surface area contributed by atoms with Crippen LogP contribution in [0.2, 0.25) is 0 Å². The molecule has 5 heteroatoms. The predicted molar refractivity (Wildman–Crippen MR) is 95.9 cm³/mol. The van der Waals surface area contributed by atoms with Crippen molar-refractivity contribution in [2.75, 3.05) is 0 Å². The Balaban J connectivity index is 0.00000324. The van der Waals surface area contributed by atoms with Gasteiger partial charge in [0.25, 0.3) is 0 Å². The van der Waals surface area contributed by atoms with Crippen LogP contribution in [0.1, 0.15) is 57.2 Å². The van der Waals surface area contributed by atoms with Gasteiger partial charge in [0.05, 0.1) is 3.74 Å². The van der Waals surface area contributed by atoms with Crippen LogP contribution in [0.4, 0.5) is 0 Å². The van der Waals surface area contributed by atoms with Crippen LogP contribution in [-0.2, 0) is 6.54 Å². The van der Waals surface area contributed by atoms with Gasteiger partial charge in [0, 0.05) is 18.9 Å². The molecule has 19 heavy (non-hydrogen) atoms. The molecule has 0 saturated heterocycles. The summed E-state index contributed by atoms with van der Waals surface area (Å²) in [6, 6.07) is 0. The standard InChI is InChI=1S/C14H24Br2N2.BrH/c1-13-17-10-12-18(13)11-8-6-4-2-3-5-7-9-14(15)16;/h10,12,14H,2-9,11H2,1H3;1H. The summed E-state index contributed by atoms with van der Waals surface area (Å²) in [4.78, 5) is 4.23. The van der Waals surface area contributed by atoms with Crippen LogP contribution in [-0.4, -0.2) is 13.3 Å². The number of aryl methyl sites for hydroxylation is 2. The number of rotatable bonds is 10. The summed E-state index contributed by atoms with van der Waals surface area (Å²) < 4.78 is 2.75. The maximum atomic E-state index is 4.23. The van der Waals surface area contributed by atoms with E-state index in [0.717, 1.165) is 12.4 Å². The molecule has 0 unspecified atom stereocenters. The molecule has 1 heterocycles. The van der Waals surface area contributed by atoms with E-state index in [9.17, 15) is 0 Å². The molecule has 1 rings (SSSR count). The first kappa shape index (κ1) is 19.7. The average Bonchev–Trinajstić information content (AvgIpc) is 2.72. The molecule has 0 aliphatic heterocycles. The van der Waals surface area contributed by atoms with E-state index in [1.54, 1.807) is 0 Å². The van der Waals surface area contributed by atoms with Crippen molar-refractivity contribution in [1.82, 2.24) is 9.55 Å². The minimum Gasteiger partial charge on any atom is -0.335 e. The second kappa shape index (κ2) is 12.4. The van der Waals surface area contributed by atoms with Crippen molar-refractivity contribution >= 4 is 48.8 Å². The van der Waals surface area contributed by atoms with Gasteiger partial charge in [0.1, 0.15) is 5.82 Å². The zero-order chi connectivity index (χ0) is 13.2. The van der Waals surface area contributed by atoms with E-state index in [0.29, 0.717) is 3.74 Å². The van der Waals surface area contributed by atoms with E-state index in [4.69, 9.17) is 0 Å². The highest BCUT2D eigenvalue weighted by Gasteiger charge is 1.98. The minimum absolute atomic E-state index is 0. The van der Waals surface area contributed by atoms with Gasteiger partial charge in [0.2, 0.25) is 0 Å². The van der Waals surface area contributed by atoms with Crippen LogP contribution in [0.25, 0.3) is 0 Å². The molecule has 2 nitrogen and oxygen atoms in total. The van der Waals surface area contributed by atoms with Gasteiger partial charge in [-0.05, 0) is 19.8 Å². The van der Waals surface area contributed by atoms with Gasteiger partial charge in [-0.25, -0.2) is 4.98 Å². The average molecular weight is 461 g/mol. The number of aromatic nitrogens is 2. The van der Waals surface area contributed by atoms with Crippen molar-refractivity contribution in [1.29, 1.82) is 0 Å². The van der Waals surface area contributed by atoms with E-state index in [1.165, 1.54) is 51.4 Å². The molecule has 1 aromatic rings. The fourth-order valence-corrected chi connectivity index (χ4v) is 2.75. The van der Waals surface area contributed by atoms with Crippen LogP contribution in [0, 0.1) is 6.92 Å². The first-order chi connectivity index (χ1) is 8.70. The molecule has 0 N–H and O–H groups in total. The smallest absolute Gasteiger partial charge is 0.105 e. The Hall–Kier alpha value is 0.650. The zero-order valence-corrected chi connectivity index (χ0v) is 16.5. The molecule has 0 aliphatic rings. The van der Waals surface area contributed by atoms with Gasteiger partial charge in [-0.15, -0.1) is 17.0 Å². The van der Waals surface area contributed by atoms with Gasteiger partial charge < -0.3 is 4.57 Å². The van der Waals surface area contributed by atoms with Crippen molar-refractivity contribution in [2.45, 2.75) is 68.6 Å². The van der Waals surface area contributed by atoms with E-state index in [2.05, 4.69) is 54.5 Å². The van der Waals surface area contributed by atoms with E-state index >= 15 is 0 Å². The van der Waals surface area contributed by atoms with Gasteiger partial charge >= 0.3 is 0 Å². The molecule has 112 valence electrons. The lowest BCUT2D eigenvalue weighted by Crippen LogP contribution is -1.98. The van der Waals surface area contributed by atoms with Crippen LogP contribution in [0.15, 0.2) is 12.4 Å². The third kappa shape index (κ3) is 10.1. The minimum atomic E-state index is 0. The number of hydrogen-bond donors (Lipinski definition) is 0. The van der Waals surface area contributed by atoms with Crippen molar-refractivity contribution in [3.63, 3.8) is 0 Å². The summed E-state index contributed by atoms with van der Waals surface area (Å²) in [6.45, 7) is 3.20. The first-order valence-electron chi connectivity index (χ1n) is 6.96. The molecular weight excluding hydrogens is 436 g/mol. The lowest BCUT2D eigenvalue weighted by atomic mass is 10.1. The Morgan fingerprint density at radius 3 is 2.16 bits per heavy atom. The number of imidazole rings is 1. The number of alkyl halides is 2. The third-order valence-electron chi connectivity index (χ3n) is 3.24. The van der Waals surface area contributed by atoms with Gasteiger partial charge in [0.15, 0.2) is 0 Å². The van der Waals surface area contributed by atoms with E-state index in [-0.39, 0.29) is 17.0 Å². The quantitative estimate of drug-likeness (QED) is 0.309. The topological polar surface area (TPSA) is 17.8 Å². The Morgan fingerprint density at radius 2 is 1.63 bits per heavy atom. The van der Waals surface area contributed by atoms with Crippen LogP contribution < -0.4 is 0 Å². The fourth-order valence-electron chi connectivity index (χ4n) is 2.10. The molecular formula is C14H25Br3N2. The fraction of sp³-hybridized carbons (Fsp3) is 0.786. The molecule has 0 saturated carbocycles. The summed E-state index contributed by atoms with van der Waals surface area (Å²) in [5, 5.41) is 0. The number of hydrogen-bond acceptors (Lipinski definition) is 1. The molecule has 0 aliphatic carbocycles. The summed E-state index contributed by atoms with van der Waals surface area (Å²) in [5.41, 5.74) is 0. The van der Waals surface area contributed by atoms with E-state index in [1.807, 2.05) is 6.20 Å². The van der Waals surface area contributed by atoms with Crippen LogP contribution >= 0.6 is 48.8 Å². The Labute approximate surface area is 144 Å². The molecule has 0 aromatic carbocycles. The molecule has 0 fully saturated rings. The molecule has 0 amide bonds. The summed E-state index contributed by atoms with van der Waals surface area (Å²) in [5.74, 6) is 1.13. The third-order valence-corrected chi connectivity index (χ3v) is 4.16. The lowest BCUT2D eigenvalue weighted by molar-refractivity contribution is 0.539. The number of nitrogens with zero attached hydrogens (tertiary/aromatic N) is 2. The second-order valence-corrected chi connectivity index (χ2v) is 8.26. The Bertz CT molecular complexity index is 313. The van der Waals surface area contributed by atoms with Crippen molar-refractivity contribution in [3.8, 4) is 0 Å². The normalized spacial score (nSPS) is 10.7. The van der Waals surface area contributed by atoms with E-state index < -0.39 is 0 Å². The van der Waals surface area contributed by atoms with Crippen molar-refractivity contribution in [2.24, 2.45) is 0 Å². The SMILES string of the molecule is Br.Cc1nccn1CCCCCCCCCC(Br)Br. The predicted octanol–water partition coefficient (Wildman–Crippen LogP) is 6.01. The Morgan fingerprint density at radius 1 is 1.05 bits per heavy atom. The number of halogens is 3. The van der Waals surface area contributed by atoms with Crippen LogP contribution in [0.5, 0.6) is 0 Å². The van der Waals surface area contributed by atoms with Gasteiger partial charge in [-0.1, -0.05) is 70.4 Å². The molecule has 0 spiro atoms. The zero-order valence-electron chi connectivity index (χ0n) is 11.7. The van der Waals surface area contributed by atoms with Gasteiger partial charge in [-0.3, -0.25) is 0 Å². The van der Waals surface area contributed by atoms with Crippen molar-refractivity contribution in [3.05, 3.63) is 18.2 Å². The Kier molecular flexibility index (Phi) is 12.8. The molecule has 0 bridgehead atoms. The highest BCUT2D eigenvalue weighted by atomic mass is 79.9. The highest BCUT2D eigenvalue weighted by Crippen LogP contribution is 2.17. The largest absolute Gasteiger partial charge is 0.335 e. The maximum absolute atomic E-state index is 4.23. The highest BCUT2D eigenvalue weighted by molar-refractivity contribution is 9.24. The molecule has 0 atom stereocenters. The lowest BCUT2D eigenvalue weighted by Gasteiger charge is -2.05. The van der Waals surface area contributed by atoms with Crippen molar-refractivity contribution < 1.29 is 0 Å². The summed E-state index contributed by atoms with van der Waals surface area (Å²) in [7, 11) is 0. The summed E-state index contributed by atoms with van der Waals surface area (Å²) in [6.07, 6.45) is 14.7. The molecule has 0 radical (unpaired) electrons. The monoisotopic (exact) mass is 458 g/mol. The first-order valence-corrected chi connectivity index (χ1v) is 8.79. The summed E-state index contributed by atoms with van der Waals surface area (Å²) >= 11 is 7.02. The molecule has 1 aromatic heterocycles. The maximum Gasteiger partial charge on any atom is 0.105 e. The van der Waals surface area contributed by atoms with Gasteiger partial charge in [-0.2, -0.15) is 0 Å².